The Balaban J connectivity index is 1.63. The summed E-state index contributed by atoms with van der Waals surface area (Å²) in [5, 5.41) is 2.96. The van der Waals surface area contributed by atoms with Crippen LogP contribution >= 0.6 is 15.9 Å². The van der Waals surface area contributed by atoms with Gasteiger partial charge in [-0.25, -0.2) is 0 Å². The van der Waals surface area contributed by atoms with Gasteiger partial charge in [-0.2, -0.15) is 0 Å². The normalized spacial score (nSPS) is 22.1. The predicted molar refractivity (Wildman–Crippen MR) is 80.3 cm³/mol. The highest BCUT2D eigenvalue weighted by Crippen LogP contribution is 2.29. The molecular weight excluding hydrogens is 320 g/mol. The van der Waals surface area contributed by atoms with Crippen molar-refractivity contribution in [2.75, 3.05) is 18.0 Å². The highest BCUT2D eigenvalue weighted by molar-refractivity contribution is 9.10. The molecule has 2 aliphatic rings. The summed E-state index contributed by atoms with van der Waals surface area (Å²) in [6.45, 7) is 1.24. The Morgan fingerprint density at radius 2 is 2.20 bits per heavy atom. The van der Waals surface area contributed by atoms with Crippen molar-refractivity contribution in [3.05, 3.63) is 28.7 Å². The van der Waals surface area contributed by atoms with Gasteiger partial charge >= 0.3 is 0 Å². The maximum absolute atomic E-state index is 12.1. The van der Waals surface area contributed by atoms with Crippen molar-refractivity contribution in [1.82, 2.24) is 5.32 Å². The second-order valence-electron chi connectivity index (χ2n) is 5.57. The van der Waals surface area contributed by atoms with E-state index in [1.807, 2.05) is 24.3 Å². The first-order valence-corrected chi connectivity index (χ1v) is 7.76. The second kappa shape index (κ2) is 5.56. The van der Waals surface area contributed by atoms with Crippen LogP contribution in [0.2, 0.25) is 0 Å². The van der Waals surface area contributed by atoms with E-state index in [-0.39, 0.29) is 17.7 Å². The molecule has 1 aliphatic heterocycles. The van der Waals surface area contributed by atoms with Gasteiger partial charge < -0.3 is 10.2 Å². The van der Waals surface area contributed by atoms with Gasteiger partial charge in [0.15, 0.2) is 0 Å². The molecule has 20 heavy (non-hydrogen) atoms. The maximum atomic E-state index is 12.1. The number of carbonyl (C=O) groups excluding carboxylic acids is 2. The summed E-state index contributed by atoms with van der Waals surface area (Å²) in [5.74, 6) is 0.481. The van der Waals surface area contributed by atoms with E-state index in [9.17, 15) is 9.59 Å². The van der Waals surface area contributed by atoms with Gasteiger partial charge in [0, 0.05) is 29.7 Å². The number of nitrogens with one attached hydrogen (secondary N) is 1. The van der Waals surface area contributed by atoms with Crippen molar-refractivity contribution < 1.29 is 9.59 Å². The van der Waals surface area contributed by atoms with Crippen LogP contribution in [0.4, 0.5) is 5.69 Å². The molecule has 1 heterocycles. The van der Waals surface area contributed by atoms with E-state index in [4.69, 9.17) is 0 Å². The number of hydrogen-bond donors (Lipinski definition) is 1. The van der Waals surface area contributed by atoms with Crippen molar-refractivity contribution in [3.8, 4) is 0 Å². The molecular formula is C15H17BrN2O2. The average molecular weight is 337 g/mol. The molecule has 0 bridgehead atoms. The maximum Gasteiger partial charge on any atom is 0.227 e. The Kier molecular flexibility index (Phi) is 3.78. The number of amides is 2. The molecule has 1 aromatic rings. The van der Waals surface area contributed by atoms with Crippen molar-refractivity contribution in [1.29, 1.82) is 0 Å². The monoisotopic (exact) mass is 336 g/mol. The van der Waals surface area contributed by atoms with Crippen molar-refractivity contribution in [3.63, 3.8) is 0 Å². The molecule has 2 fully saturated rings. The number of nitrogens with zero attached hydrogens (tertiary/aromatic N) is 1. The van der Waals surface area contributed by atoms with Gasteiger partial charge in [0.2, 0.25) is 11.8 Å². The standard InChI is InChI=1S/C15H17BrN2O2/c16-12-2-1-3-13(7-12)18-9-11(6-14(18)19)15(20)17-8-10-4-5-10/h1-3,7,10-11H,4-6,8-9H2,(H,17,20). The lowest BCUT2D eigenvalue weighted by Gasteiger charge is -2.17. The van der Waals surface area contributed by atoms with Crippen molar-refractivity contribution >= 4 is 33.4 Å². The van der Waals surface area contributed by atoms with Crippen LogP contribution in [0.1, 0.15) is 19.3 Å². The summed E-state index contributed by atoms with van der Waals surface area (Å²) in [4.78, 5) is 25.9. The zero-order chi connectivity index (χ0) is 14.1. The topological polar surface area (TPSA) is 49.4 Å². The molecule has 1 atom stereocenters. The molecule has 1 unspecified atom stereocenters. The Hall–Kier alpha value is -1.36. The fourth-order valence-corrected chi connectivity index (χ4v) is 2.88. The van der Waals surface area contributed by atoms with E-state index >= 15 is 0 Å². The first-order valence-electron chi connectivity index (χ1n) is 6.97. The zero-order valence-electron chi connectivity index (χ0n) is 11.1. The first kappa shape index (κ1) is 13.6. The Bertz CT molecular complexity index is 542. The number of anilines is 1. The fourth-order valence-electron chi connectivity index (χ4n) is 2.49. The summed E-state index contributed by atoms with van der Waals surface area (Å²) in [5.41, 5.74) is 0.849. The Morgan fingerprint density at radius 3 is 2.90 bits per heavy atom. The summed E-state index contributed by atoms with van der Waals surface area (Å²) in [6, 6.07) is 7.62. The van der Waals surface area contributed by atoms with Crippen LogP contribution in [-0.2, 0) is 9.59 Å². The minimum absolute atomic E-state index is 0.0164. The summed E-state index contributed by atoms with van der Waals surface area (Å²) >= 11 is 3.40. The lowest BCUT2D eigenvalue weighted by atomic mass is 10.1. The number of rotatable bonds is 4. The summed E-state index contributed by atoms with van der Waals surface area (Å²) in [7, 11) is 0. The number of hydrogen-bond acceptors (Lipinski definition) is 2. The van der Waals surface area contributed by atoms with Crippen LogP contribution in [0.25, 0.3) is 0 Å². The van der Waals surface area contributed by atoms with E-state index in [2.05, 4.69) is 21.2 Å². The molecule has 1 aromatic carbocycles. The number of carbonyl (C=O) groups is 2. The molecule has 0 radical (unpaired) electrons. The SMILES string of the molecule is O=C(NCC1CC1)C1CC(=O)N(c2cccc(Br)c2)C1. The predicted octanol–water partition coefficient (Wildman–Crippen LogP) is 2.33. The largest absolute Gasteiger partial charge is 0.356 e. The smallest absolute Gasteiger partial charge is 0.227 e. The number of benzene rings is 1. The van der Waals surface area contributed by atoms with Crippen molar-refractivity contribution in [2.45, 2.75) is 19.3 Å². The minimum Gasteiger partial charge on any atom is -0.356 e. The van der Waals surface area contributed by atoms with E-state index in [0.717, 1.165) is 16.7 Å². The summed E-state index contributed by atoms with van der Waals surface area (Å²) in [6.07, 6.45) is 2.74. The molecule has 1 aliphatic carbocycles. The first-order chi connectivity index (χ1) is 9.63. The highest BCUT2D eigenvalue weighted by Gasteiger charge is 2.35. The van der Waals surface area contributed by atoms with Gasteiger partial charge in [-0.15, -0.1) is 0 Å². The Labute approximate surface area is 126 Å². The van der Waals surface area contributed by atoms with Crippen LogP contribution in [0.15, 0.2) is 28.7 Å². The van der Waals surface area contributed by atoms with Crippen LogP contribution in [-0.4, -0.2) is 24.9 Å². The van der Waals surface area contributed by atoms with Crippen LogP contribution < -0.4 is 10.2 Å². The van der Waals surface area contributed by atoms with E-state index < -0.39 is 0 Å². The molecule has 3 rings (SSSR count). The third kappa shape index (κ3) is 3.03. The molecule has 1 N–H and O–H groups in total. The molecule has 2 amide bonds. The van der Waals surface area contributed by atoms with Gasteiger partial charge in [-0.05, 0) is 37.0 Å². The third-order valence-electron chi connectivity index (χ3n) is 3.88. The van der Waals surface area contributed by atoms with Crippen LogP contribution in [0.5, 0.6) is 0 Å². The highest BCUT2D eigenvalue weighted by atomic mass is 79.9. The van der Waals surface area contributed by atoms with Crippen LogP contribution in [0, 0.1) is 11.8 Å². The Morgan fingerprint density at radius 1 is 1.40 bits per heavy atom. The molecule has 4 nitrogen and oxygen atoms in total. The molecule has 1 saturated carbocycles. The minimum atomic E-state index is -0.222. The lowest BCUT2D eigenvalue weighted by Crippen LogP contribution is -2.34. The molecule has 1 saturated heterocycles. The van der Waals surface area contributed by atoms with Gasteiger partial charge in [0.05, 0.1) is 5.92 Å². The average Bonchev–Trinajstić information content (AvgIpc) is 3.17. The van der Waals surface area contributed by atoms with Gasteiger partial charge in [-0.1, -0.05) is 22.0 Å². The van der Waals surface area contributed by atoms with Crippen molar-refractivity contribution in [2.24, 2.45) is 11.8 Å². The molecule has 106 valence electrons. The summed E-state index contributed by atoms with van der Waals surface area (Å²) < 4.78 is 0.935. The zero-order valence-corrected chi connectivity index (χ0v) is 12.7. The van der Waals surface area contributed by atoms with Gasteiger partial charge in [0.25, 0.3) is 0 Å². The van der Waals surface area contributed by atoms with Gasteiger partial charge in [0.1, 0.15) is 0 Å². The van der Waals surface area contributed by atoms with E-state index in [1.165, 1.54) is 12.8 Å². The molecule has 0 aromatic heterocycles. The van der Waals surface area contributed by atoms with E-state index in [1.54, 1.807) is 4.90 Å². The molecule has 5 heteroatoms. The quantitative estimate of drug-likeness (QED) is 0.917. The third-order valence-corrected chi connectivity index (χ3v) is 4.37. The van der Waals surface area contributed by atoms with Crippen LogP contribution in [0.3, 0.4) is 0 Å². The lowest BCUT2D eigenvalue weighted by molar-refractivity contribution is -0.126. The molecule has 0 spiro atoms. The number of halogens is 1. The fraction of sp³-hybridized carbons (Fsp3) is 0.467. The van der Waals surface area contributed by atoms with E-state index in [0.29, 0.717) is 18.9 Å². The van der Waals surface area contributed by atoms with Gasteiger partial charge in [-0.3, -0.25) is 9.59 Å². The second-order valence-corrected chi connectivity index (χ2v) is 6.49.